The van der Waals surface area contributed by atoms with E-state index in [0.29, 0.717) is 12.4 Å². The number of rotatable bonds is 4. The SMILES string of the molecule is COc1cccc(Cn2[c]cnc2C=O)c1. The maximum Gasteiger partial charge on any atom is 0.185 e. The summed E-state index contributed by atoms with van der Waals surface area (Å²) in [6.07, 6.45) is 5.09. The summed E-state index contributed by atoms with van der Waals surface area (Å²) in [5.74, 6) is 1.17. The van der Waals surface area contributed by atoms with Crippen molar-refractivity contribution >= 4 is 6.29 Å². The van der Waals surface area contributed by atoms with E-state index in [4.69, 9.17) is 4.74 Å². The molecule has 0 unspecified atom stereocenters. The summed E-state index contributed by atoms with van der Waals surface area (Å²) in [6, 6.07) is 7.67. The summed E-state index contributed by atoms with van der Waals surface area (Å²) >= 11 is 0. The van der Waals surface area contributed by atoms with E-state index < -0.39 is 0 Å². The first-order valence-electron chi connectivity index (χ1n) is 4.85. The smallest absolute Gasteiger partial charge is 0.185 e. The fraction of sp³-hybridized carbons (Fsp3) is 0.167. The molecular weight excluding hydrogens is 204 g/mol. The molecule has 81 valence electrons. The number of methoxy groups -OCH3 is 1. The molecule has 0 spiro atoms. The minimum Gasteiger partial charge on any atom is -0.497 e. The van der Waals surface area contributed by atoms with Crippen molar-refractivity contribution in [1.82, 2.24) is 9.55 Å². The van der Waals surface area contributed by atoms with E-state index in [0.717, 1.165) is 17.6 Å². The lowest BCUT2D eigenvalue weighted by Crippen LogP contribution is -2.03. The summed E-state index contributed by atoms with van der Waals surface area (Å²) in [5, 5.41) is 0. The van der Waals surface area contributed by atoms with Gasteiger partial charge in [-0.25, -0.2) is 4.98 Å². The van der Waals surface area contributed by atoms with Gasteiger partial charge in [-0.15, -0.1) is 0 Å². The molecule has 16 heavy (non-hydrogen) atoms. The van der Waals surface area contributed by atoms with Gasteiger partial charge in [0, 0.05) is 6.54 Å². The second-order valence-corrected chi connectivity index (χ2v) is 3.30. The third-order valence-electron chi connectivity index (χ3n) is 2.27. The molecule has 2 aromatic rings. The van der Waals surface area contributed by atoms with Gasteiger partial charge in [0.05, 0.1) is 19.5 Å². The molecule has 0 fully saturated rings. The fourth-order valence-electron chi connectivity index (χ4n) is 1.47. The molecule has 0 aliphatic rings. The topological polar surface area (TPSA) is 44.1 Å². The molecular formula is C12H11N2O2. The van der Waals surface area contributed by atoms with Crippen LogP contribution < -0.4 is 4.74 Å². The highest BCUT2D eigenvalue weighted by Crippen LogP contribution is 2.13. The Morgan fingerprint density at radius 2 is 2.44 bits per heavy atom. The Hall–Kier alpha value is -2.10. The first kappa shape index (κ1) is 10.4. The van der Waals surface area contributed by atoms with E-state index in [2.05, 4.69) is 11.2 Å². The van der Waals surface area contributed by atoms with Gasteiger partial charge in [0.1, 0.15) is 5.75 Å². The standard InChI is InChI=1S/C12H11N2O2/c1-16-11-4-2-3-10(7-11)8-14-6-5-13-12(14)9-15/h2-5,7,9H,8H2,1H3. The lowest BCUT2D eigenvalue weighted by molar-refractivity contribution is 0.111. The molecule has 0 aliphatic carbocycles. The molecule has 1 heterocycles. The molecule has 1 aromatic carbocycles. The van der Waals surface area contributed by atoms with Crippen LogP contribution in [0.1, 0.15) is 16.2 Å². The number of benzene rings is 1. The summed E-state index contributed by atoms with van der Waals surface area (Å²) in [6.45, 7) is 0.561. The van der Waals surface area contributed by atoms with Gasteiger partial charge in [-0.1, -0.05) is 12.1 Å². The van der Waals surface area contributed by atoms with Gasteiger partial charge in [-0.05, 0) is 17.7 Å². The summed E-state index contributed by atoms with van der Waals surface area (Å²) in [4.78, 5) is 14.6. The van der Waals surface area contributed by atoms with Gasteiger partial charge < -0.3 is 9.30 Å². The van der Waals surface area contributed by atoms with E-state index in [1.54, 1.807) is 11.7 Å². The Bertz CT molecular complexity index is 491. The number of ether oxygens (including phenoxy) is 1. The maximum absolute atomic E-state index is 10.7. The van der Waals surface area contributed by atoms with E-state index in [9.17, 15) is 4.79 Å². The summed E-state index contributed by atoms with van der Waals surface area (Å²) in [5.41, 5.74) is 1.04. The number of carbonyl (C=O) groups excluding carboxylic acids is 1. The van der Waals surface area contributed by atoms with Gasteiger partial charge in [0.15, 0.2) is 12.1 Å². The van der Waals surface area contributed by atoms with E-state index in [-0.39, 0.29) is 0 Å². The molecule has 4 heteroatoms. The molecule has 4 nitrogen and oxygen atoms in total. The van der Waals surface area contributed by atoms with Gasteiger partial charge in [0.2, 0.25) is 0 Å². The number of aromatic nitrogens is 2. The predicted molar refractivity (Wildman–Crippen MR) is 58.5 cm³/mol. The van der Waals surface area contributed by atoms with Crippen molar-refractivity contribution in [1.29, 1.82) is 0 Å². The molecule has 0 amide bonds. The van der Waals surface area contributed by atoms with Crippen molar-refractivity contribution in [3.05, 3.63) is 48.0 Å². The van der Waals surface area contributed by atoms with Crippen LogP contribution in [0.2, 0.25) is 0 Å². The normalized spacial score (nSPS) is 10.1. The quantitative estimate of drug-likeness (QED) is 0.727. The van der Waals surface area contributed by atoms with Crippen LogP contribution in [0.25, 0.3) is 0 Å². The molecule has 0 N–H and O–H groups in total. The van der Waals surface area contributed by atoms with Crippen LogP contribution in [0.15, 0.2) is 30.5 Å². The minimum atomic E-state index is 0.378. The third kappa shape index (κ3) is 2.11. The van der Waals surface area contributed by atoms with Crippen LogP contribution in [0.3, 0.4) is 0 Å². The van der Waals surface area contributed by atoms with E-state index in [1.165, 1.54) is 6.20 Å². The number of carbonyl (C=O) groups is 1. The lowest BCUT2D eigenvalue weighted by Gasteiger charge is -2.05. The Kier molecular flexibility index (Phi) is 3.00. The number of hydrogen-bond donors (Lipinski definition) is 0. The van der Waals surface area contributed by atoms with Gasteiger partial charge in [-0.2, -0.15) is 0 Å². The average Bonchev–Trinajstić information content (AvgIpc) is 2.76. The molecule has 0 saturated heterocycles. The fourth-order valence-corrected chi connectivity index (χ4v) is 1.47. The van der Waals surface area contributed by atoms with Crippen LogP contribution in [-0.4, -0.2) is 22.9 Å². The van der Waals surface area contributed by atoms with Crippen LogP contribution in [-0.2, 0) is 6.54 Å². The lowest BCUT2D eigenvalue weighted by atomic mass is 10.2. The van der Waals surface area contributed by atoms with Crippen LogP contribution in [0, 0.1) is 6.20 Å². The van der Waals surface area contributed by atoms with Crippen LogP contribution in [0.5, 0.6) is 5.75 Å². The first-order valence-corrected chi connectivity index (χ1v) is 4.85. The minimum absolute atomic E-state index is 0.378. The predicted octanol–water partition coefficient (Wildman–Crippen LogP) is 1.55. The van der Waals surface area contributed by atoms with Crippen LogP contribution >= 0.6 is 0 Å². The Labute approximate surface area is 93.5 Å². The zero-order chi connectivity index (χ0) is 11.4. The molecule has 0 aliphatic heterocycles. The Morgan fingerprint density at radius 3 is 3.19 bits per heavy atom. The summed E-state index contributed by atoms with van der Waals surface area (Å²) in [7, 11) is 1.62. The van der Waals surface area contributed by atoms with Crippen molar-refractivity contribution in [2.75, 3.05) is 7.11 Å². The number of nitrogens with zero attached hydrogens (tertiary/aromatic N) is 2. The zero-order valence-electron chi connectivity index (χ0n) is 8.88. The number of aldehydes is 1. The van der Waals surface area contributed by atoms with Crippen molar-refractivity contribution in [2.24, 2.45) is 0 Å². The molecule has 2 rings (SSSR count). The molecule has 0 atom stereocenters. The monoisotopic (exact) mass is 215 g/mol. The largest absolute Gasteiger partial charge is 0.497 e. The number of hydrogen-bond acceptors (Lipinski definition) is 3. The van der Waals surface area contributed by atoms with E-state index in [1.807, 2.05) is 24.3 Å². The van der Waals surface area contributed by atoms with Crippen molar-refractivity contribution in [3.63, 3.8) is 0 Å². The number of imidazole rings is 1. The second-order valence-electron chi connectivity index (χ2n) is 3.30. The van der Waals surface area contributed by atoms with Crippen molar-refractivity contribution in [3.8, 4) is 5.75 Å². The van der Waals surface area contributed by atoms with Crippen molar-refractivity contribution in [2.45, 2.75) is 6.54 Å². The molecule has 0 saturated carbocycles. The van der Waals surface area contributed by atoms with Gasteiger partial charge >= 0.3 is 0 Å². The van der Waals surface area contributed by atoms with Gasteiger partial charge in [0.25, 0.3) is 0 Å². The Morgan fingerprint density at radius 1 is 1.56 bits per heavy atom. The highest BCUT2D eigenvalue weighted by Gasteiger charge is 2.03. The van der Waals surface area contributed by atoms with E-state index >= 15 is 0 Å². The summed E-state index contributed by atoms with van der Waals surface area (Å²) < 4.78 is 6.79. The van der Waals surface area contributed by atoms with Crippen molar-refractivity contribution < 1.29 is 9.53 Å². The average molecular weight is 215 g/mol. The molecule has 1 radical (unpaired) electrons. The third-order valence-corrected chi connectivity index (χ3v) is 2.27. The molecule has 1 aromatic heterocycles. The first-order chi connectivity index (χ1) is 7.83. The highest BCUT2D eigenvalue weighted by atomic mass is 16.5. The maximum atomic E-state index is 10.7. The molecule has 0 bridgehead atoms. The van der Waals surface area contributed by atoms with Crippen LogP contribution in [0.4, 0.5) is 0 Å². The highest BCUT2D eigenvalue weighted by molar-refractivity contribution is 5.69. The second kappa shape index (κ2) is 4.61. The zero-order valence-corrected chi connectivity index (χ0v) is 8.88. The van der Waals surface area contributed by atoms with Gasteiger partial charge in [-0.3, -0.25) is 4.79 Å². The Balaban J connectivity index is 2.23.